The summed E-state index contributed by atoms with van der Waals surface area (Å²) >= 11 is 0. The largest absolute Gasteiger partial charge is 0.474 e. The van der Waals surface area contributed by atoms with E-state index in [1.165, 1.54) is 6.92 Å². The number of aromatic nitrogens is 3. The molecule has 3 heterocycles. The van der Waals surface area contributed by atoms with E-state index in [1.54, 1.807) is 12.4 Å². The van der Waals surface area contributed by atoms with Crippen LogP contribution in [0.5, 0.6) is 5.88 Å². The van der Waals surface area contributed by atoms with Crippen molar-refractivity contribution in [1.29, 1.82) is 0 Å². The second-order valence-electron chi connectivity index (χ2n) is 10.4. The third-order valence-electron chi connectivity index (χ3n) is 7.57. The smallest absolute Gasteiger partial charge is 0.391 e. The fraction of sp³-hybridized carbons (Fsp3) is 0.720. The van der Waals surface area contributed by atoms with Gasteiger partial charge in [-0.3, -0.25) is 4.90 Å². The number of anilines is 1. The molecule has 2 saturated carbocycles. The van der Waals surface area contributed by atoms with E-state index in [9.17, 15) is 18.3 Å². The monoisotopic (exact) mass is 509 g/mol. The first-order chi connectivity index (χ1) is 17.2. The Morgan fingerprint density at radius 2 is 1.86 bits per heavy atom. The van der Waals surface area contributed by atoms with Crippen LogP contribution in [0.15, 0.2) is 12.4 Å². The van der Waals surface area contributed by atoms with Crippen LogP contribution in [0.3, 0.4) is 0 Å². The van der Waals surface area contributed by atoms with Gasteiger partial charge in [0, 0.05) is 56.0 Å². The topological polar surface area (TPSA) is 92.6 Å². The van der Waals surface area contributed by atoms with E-state index in [1.807, 2.05) is 0 Å². The minimum atomic E-state index is -4.27. The van der Waals surface area contributed by atoms with Gasteiger partial charge in [0.1, 0.15) is 6.10 Å². The molecule has 3 aliphatic rings. The maximum Gasteiger partial charge on any atom is 0.391 e. The fourth-order valence-corrected chi connectivity index (χ4v) is 5.52. The Bertz CT molecular complexity index is 1040. The van der Waals surface area contributed by atoms with E-state index in [4.69, 9.17) is 9.47 Å². The summed E-state index contributed by atoms with van der Waals surface area (Å²) in [5, 5.41) is 13.4. The molecule has 198 valence electrons. The molecule has 2 N–H and O–H groups in total. The van der Waals surface area contributed by atoms with Crippen molar-refractivity contribution in [3.8, 4) is 5.88 Å². The third kappa shape index (κ3) is 6.00. The van der Waals surface area contributed by atoms with E-state index < -0.39 is 18.6 Å². The quantitative estimate of drug-likeness (QED) is 0.578. The van der Waals surface area contributed by atoms with E-state index in [-0.39, 0.29) is 24.1 Å². The van der Waals surface area contributed by atoms with Crippen molar-refractivity contribution < 1.29 is 27.8 Å². The highest BCUT2D eigenvalue weighted by Gasteiger charge is 2.36. The Morgan fingerprint density at radius 3 is 2.56 bits per heavy atom. The minimum absolute atomic E-state index is 0.0498. The number of rotatable bonds is 7. The SMILES string of the molecule is C[C@@H](CC(F)(F)F)Nc1ncc2c(O[C@H]3C[C@H](N4CCOCC4)C3)ncc([C@H]3CC[C@H](O)CC3)c2n1. The van der Waals surface area contributed by atoms with Gasteiger partial charge in [-0.05, 0) is 38.5 Å². The van der Waals surface area contributed by atoms with Crippen LogP contribution >= 0.6 is 0 Å². The van der Waals surface area contributed by atoms with Crippen LogP contribution in [0.2, 0.25) is 0 Å². The molecule has 0 unspecified atom stereocenters. The predicted octanol–water partition coefficient (Wildman–Crippen LogP) is 4.04. The summed E-state index contributed by atoms with van der Waals surface area (Å²) < 4.78 is 50.2. The Labute approximate surface area is 208 Å². The van der Waals surface area contributed by atoms with Gasteiger partial charge in [0.25, 0.3) is 0 Å². The number of nitrogens with zero attached hydrogens (tertiary/aromatic N) is 4. The molecule has 0 bridgehead atoms. The number of aliphatic hydroxyl groups excluding tert-OH is 1. The van der Waals surface area contributed by atoms with E-state index in [0.29, 0.717) is 35.7 Å². The number of hydrogen-bond acceptors (Lipinski definition) is 8. The summed E-state index contributed by atoms with van der Waals surface area (Å²) in [5.41, 5.74) is 1.58. The lowest BCUT2D eigenvalue weighted by molar-refractivity contribution is -0.136. The first kappa shape index (κ1) is 25.4. The summed E-state index contributed by atoms with van der Waals surface area (Å²) in [7, 11) is 0. The lowest BCUT2D eigenvalue weighted by atomic mass is 9.82. The molecular weight excluding hydrogens is 475 g/mol. The minimum Gasteiger partial charge on any atom is -0.474 e. The zero-order valence-corrected chi connectivity index (χ0v) is 20.5. The van der Waals surface area contributed by atoms with Crippen LogP contribution in [0, 0.1) is 0 Å². The molecule has 1 aliphatic heterocycles. The van der Waals surface area contributed by atoms with Gasteiger partial charge in [0.2, 0.25) is 11.8 Å². The van der Waals surface area contributed by atoms with E-state index >= 15 is 0 Å². The molecule has 1 atom stereocenters. The van der Waals surface area contributed by atoms with Crippen molar-refractivity contribution >= 4 is 16.9 Å². The van der Waals surface area contributed by atoms with E-state index in [2.05, 4.69) is 25.2 Å². The van der Waals surface area contributed by atoms with Gasteiger partial charge in [-0.2, -0.15) is 13.2 Å². The number of nitrogens with one attached hydrogen (secondary N) is 1. The number of halogens is 3. The molecule has 0 radical (unpaired) electrons. The van der Waals surface area contributed by atoms with Gasteiger partial charge in [-0.15, -0.1) is 0 Å². The molecule has 2 aromatic heterocycles. The average Bonchev–Trinajstić information content (AvgIpc) is 2.81. The molecule has 0 aromatic carbocycles. The van der Waals surface area contributed by atoms with Gasteiger partial charge in [-0.25, -0.2) is 15.0 Å². The van der Waals surface area contributed by atoms with Gasteiger partial charge < -0.3 is 19.9 Å². The molecule has 3 fully saturated rings. The second-order valence-corrected chi connectivity index (χ2v) is 10.4. The molecule has 8 nitrogen and oxygen atoms in total. The van der Waals surface area contributed by atoms with Crippen LogP contribution in [-0.4, -0.2) is 81.7 Å². The second kappa shape index (κ2) is 10.6. The average molecular weight is 510 g/mol. The number of fused-ring (bicyclic) bond motifs is 1. The number of pyridine rings is 1. The van der Waals surface area contributed by atoms with Crippen molar-refractivity contribution in [2.45, 2.75) is 88.3 Å². The normalized spacial score (nSPS) is 28.5. The zero-order valence-electron chi connectivity index (χ0n) is 20.5. The maximum absolute atomic E-state index is 12.8. The molecule has 36 heavy (non-hydrogen) atoms. The summed E-state index contributed by atoms with van der Waals surface area (Å²) in [6.07, 6.45) is 2.75. The molecule has 0 amide bonds. The van der Waals surface area contributed by atoms with Crippen LogP contribution in [0.1, 0.15) is 63.4 Å². The molecule has 1 saturated heterocycles. The number of ether oxygens (including phenoxy) is 2. The van der Waals surface area contributed by atoms with Crippen molar-refractivity contribution in [2.75, 3.05) is 31.6 Å². The lowest BCUT2D eigenvalue weighted by Gasteiger charge is -2.43. The molecule has 2 aliphatic carbocycles. The molecular formula is C25H34F3N5O3. The summed E-state index contributed by atoms with van der Waals surface area (Å²) in [6.45, 7) is 4.89. The highest BCUT2D eigenvalue weighted by Crippen LogP contribution is 2.39. The fourth-order valence-electron chi connectivity index (χ4n) is 5.52. The van der Waals surface area contributed by atoms with Gasteiger partial charge >= 0.3 is 6.18 Å². The summed E-state index contributed by atoms with van der Waals surface area (Å²) in [4.78, 5) is 16.0. The van der Waals surface area contributed by atoms with Crippen LogP contribution in [-0.2, 0) is 4.74 Å². The van der Waals surface area contributed by atoms with Crippen molar-refractivity contribution in [3.05, 3.63) is 18.0 Å². The Hall–Kier alpha value is -2.24. The summed E-state index contributed by atoms with van der Waals surface area (Å²) in [5.74, 6) is 0.789. The Morgan fingerprint density at radius 1 is 1.14 bits per heavy atom. The first-order valence-electron chi connectivity index (χ1n) is 12.9. The lowest BCUT2D eigenvalue weighted by Crippen LogP contribution is -2.52. The maximum atomic E-state index is 12.8. The predicted molar refractivity (Wildman–Crippen MR) is 128 cm³/mol. The highest BCUT2D eigenvalue weighted by atomic mass is 19.4. The number of hydrogen-bond donors (Lipinski definition) is 2. The van der Waals surface area contributed by atoms with E-state index in [0.717, 1.165) is 57.6 Å². The van der Waals surface area contributed by atoms with Crippen LogP contribution in [0.25, 0.3) is 10.9 Å². The number of alkyl halides is 3. The first-order valence-corrected chi connectivity index (χ1v) is 12.9. The molecule has 11 heteroatoms. The number of morpholine rings is 1. The summed E-state index contributed by atoms with van der Waals surface area (Å²) in [6, 6.07) is -0.374. The van der Waals surface area contributed by atoms with Gasteiger partial charge in [-0.1, -0.05) is 0 Å². The van der Waals surface area contributed by atoms with Crippen molar-refractivity contribution in [2.24, 2.45) is 0 Å². The number of aliphatic hydroxyl groups is 1. The molecule has 2 aromatic rings. The third-order valence-corrected chi connectivity index (χ3v) is 7.57. The van der Waals surface area contributed by atoms with Gasteiger partial charge in [0.05, 0.1) is 36.6 Å². The standard InChI is InChI=1S/C25H34F3N5O3/c1-15(12-25(26,27)28)31-24-30-14-21-22(32-24)20(16-2-4-18(34)5-3-16)13-29-23(21)36-19-10-17(11-19)33-6-8-35-9-7-33/h13-19,34H,2-12H2,1H3,(H,30,31,32)/t15-,16-,17-,18-,19-/m0/s1. The molecule has 0 spiro atoms. The van der Waals surface area contributed by atoms with Crippen molar-refractivity contribution in [3.63, 3.8) is 0 Å². The Balaban J connectivity index is 1.36. The van der Waals surface area contributed by atoms with Crippen LogP contribution in [0.4, 0.5) is 19.1 Å². The molecule has 5 rings (SSSR count). The van der Waals surface area contributed by atoms with Crippen molar-refractivity contribution in [1.82, 2.24) is 19.9 Å². The highest BCUT2D eigenvalue weighted by molar-refractivity contribution is 5.86. The van der Waals surface area contributed by atoms with Gasteiger partial charge in [0.15, 0.2) is 0 Å². The van der Waals surface area contributed by atoms with Crippen LogP contribution < -0.4 is 10.1 Å². The Kier molecular flexibility index (Phi) is 7.50. The zero-order chi connectivity index (χ0) is 25.3.